The first-order chi connectivity index (χ1) is 16.0. The summed E-state index contributed by atoms with van der Waals surface area (Å²) >= 11 is 1.52. The number of piperidine rings is 1. The molecule has 1 saturated heterocycles. The van der Waals surface area contributed by atoms with E-state index in [4.69, 9.17) is 15.5 Å². The van der Waals surface area contributed by atoms with Crippen LogP contribution in [0.3, 0.4) is 0 Å². The summed E-state index contributed by atoms with van der Waals surface area (Å²) in [5.41, 5.74) is 7.94. The van der Waals surface area contributed by atoms with Crippen LogP contribution in [0.15, 0.2) is 34.6 Å². The molecule has 0 saturated carbocycles. The van der Waals surface area contributed by atoms with Gasteiger partial charge in [0.1, 0.15) is 11.9 Å². The molecule has 4 aliphatic heterocycles. The van der Waals surface area contributed by atoms with E-state index >= 15 is 0 Å². The topological polar surface area (TPSA) is 119 Å². The van der Waals surface area contributed by atoms with Gasteiger partial charge in [-0.1, -0.05) is 0 Å². The lowest BCUT2D eigenvalue weighted by molar-refractivity contribution is -0.140. The van der Waals surface area contributed by atoms with E-state index in [-0.39, 0.29) is 5.91 Å². The summed E-state index contributed by atoms with van der Waals surface area (Å²) < 4.78 is 7.61. The van der Waals surface area contributed by atoms with Gasteiger partial charge in [-0.05, 0) is 67.6 Å². The largest absolute Gasteiger partial charge is 0.493 e. The van der Waals surface area contributed by atoms with Crippen molar-refractivity contribution < 1.29 is 14.6 Å². The lowest BCUT2D eigenvalue weighted by Crippen LogP contribution is -2.43. The Labute approximate surface area is 196 Å². The number of aromatic nitrogens is 4. The number of hydrogen-bond acceptors (Lipinski definition) is 8. The Morgan fingerprint density at radius 1 is 1.33 bits per heavy atom. The predicted octanol–water partition coefficient (Wildman–Crippen LogP) is 2.46. The number of ether oxygens (including phenoxy) is 1. The fourth-order valence-corrected chi connectivity index (χ4v) is 5.32. The first kappa shape index (κ1) is 22.0. The molecule has 4 aliphatic rings. The Kier molecular flexibility index (Phi) is 6.11. The number of aryl methyl sites for hydroxylation is 1. The second kappa shape index (κ2) is 9.18. The monoisotopic (exact) mass is 468 g/mol. The molecule has 0 unspecified atom stereocenters. The Hall–Kier alpha value is -2.85. The smallest absolute Gasteiger partial charge is 0.251 e. The van der Waals surface area contributed by atoms with E-state index in [1.54, 1.807) is 11.2 Å². The van der Waals surface area contributed by atoms with Gasteiger partial charge in [0.05, 0.1) is 12.9 Å². The molecule has 5 rings (SSSR count). The molecular formula is C23H28N6O3S. The van der Waals surface area contributed by atoms with Gasteiger partial charge >= 0.3 is 0 Å². The minimum atomic E-state index is -0.931. The zero-order valence-corrected chi connectivity index (χ0v) is 19.4. The van der Waals surface area contributed by atoms with E-state index in [9.17, 15) is 9.90 Å². The number of nitrogen functional groups attached to an aromatic ring is 1. The number of carbonyl (C=O) groups is 1. The van der Waals surface area contributed by atoms with Crippen molar-refractivity contribution in [1.82, 2.24) is 24.4 Å². The number of anilines is 1. The maximum atomic E-state index is 12.0. The van der Waals surface area contributed by atoms with Crippen molar-refractivity contribution in [3.63, 3.8) is 0 Å². The first-order valence-electron chi connectivity index (χ1n) is 11.4. The number of nitrogens with zero attached hydrogens (tertiary/aromatic N) is 5. The number of benzene rings is 1. The van der Waals surface area contributed by atoms with Crippen LogP contribution in [0.1, 0.15) is 31.7 Å². The number of nitrogens with two attached hydrogens (primary N) is 1. The van der Waals surface area contributed by atoms with Crippen LogP contribution < -0.4 is 10.5 Å². The number of amides is 1. The molecule has 1 aromatic rings. The van der Waals surface area contributed by atoms with Gasteiger partial charge in [0.25, 0.3) is 5.91 Å². The first-order valence-corrected chi connectivity index (χ1v) is 12.2. The second-order valence-corrected chi connectivity index (χ2v) is 9.75. The van der Waals surface area contributed by atoms with Gasteiger partial charge in [-0.3, -0.25) is 4.79 Å². The number of carbonyl (C=O) groups excluding carboxylic acids is 1. The minimum absolute atomic E-state index is 0.180. The fraction of sp³-hybridized carbons (Fsp3) is 0.478. The van der Waals surface area contributed by atoms with Crippen molar-refractivity contribution in [3.05, 3.63) is 30.1 Å². The van der Waals surface area contributed by atoms with Crippen molar-refractivity contribution in [3.8, 4) is 17.3 Å². The number of aliphatic hydroxyl groups is 1. The summed E-state index contributed by atoms with van der Waals surface area (Å²) in [4.78, 5) is 28.5. The number of imidazole rings is 1. The minimum Gasteiger partial charge on any atom is -0.493 e. The van der Waals surface area contributed by atoms with Gasteiger partial charge in [0.2, 0.25) is 0 Å². The Balaban J connectivity index is 1.25. The Morgan fingerprint density at radius 3 is 2.94 bits per heavy atom. The molecule has 1 aromatic carbocycles. The van der Waals surface area contributed by atoms with Crippen molar-refractivity contribution in [1.29, 1.82) is 0 Å². The van der Waals surface area contributed by atoms with E-state index in [2.05, 4.69) is 16.0 Å². The summed E-state index contributed by atoms with van der Waals surface area (Å²) in [5, 5.41) is 10.2. The van der Waals surface area contributed by atoms with Crippen LogP contribution in [0.25, 0.3) is 11.5 Å². The third kappa shape index (κ3) is 4.63. The molecule has 0 aliphatic carbocycles. The number of aliphatic hydroxyl groups excluding tert-OH is 1. The van der Waals surface area contributed by atoms with Crippen molar-refractivity contribution in [2.75, 3.05) is 25.4 Å². The molecule has 0 bridgehead atoms. The van der Waals surface area contributed by atoms with E-state index in [0.29, 0.717) is 35.7 Å². The lowest BCUT2D eigenvalue weighted by atomic mass is 9.93. The van der Waals surface area contributed by atoms with Crippen molar-refractivity contribution in [2.45, 2.75) is 55.3 Å². The summed E-state index contributed by atoms with van der Waals surface area (Å²) in [7, 11) is 0. The van der Waals surface area contributed by atoms with Gasteiger partial charge in [-0.2, -0.15) is 0 Å². The Morgan fingerprint density at radius 2 is 2.15 bits per heavy atom. The summed E-state index contributed by atoms with van der Waals surface area (Å²) in [6.07, 6.45) is 4.55. The second-order valence-electron chi connectivity index (χ2n) is 8.70. The van der Waals surface area contributed by atoms with Gasteiger partial charge in [-0.15, -0.1) is 0 Å². The molecule has 1 atom stereocenters. The molecule has 3 N–H and O–H groups in total. The van der Waals surface area contributed by atoms with Crippen LogP contribution in [0.5, 0.6) is 5.75 Å². The third-order valence-electron chi connectivity index (χ3n) is 6.40. The number of likely N-dealkylation sites (tertiary alicyclic amines) is 1. The molecule has 0 radical (unpaired) electrons. The van der Waals surface area contributed by atoms with Crippen LogP contribution in [0.2, 0.25) is 0 Å². The highest BCUT2D eigenvalue weighted by Gasteiger charge is 2.26. The molecular weight excluding hydrogens is 440 g/mol. The van der Waals surface area contributed by atoms with E-state index in [1.165, 1.54) is 24.2 Å². The van der Waals surface area contributed by atoms with E-state index in [1.807, 2.05) is 16.7 Å². The number of rotatable bonds is 6. The van der Waals surface area contributed by atoms with E-state index in [0.717, 1.165) is 55.3 Å². The molecule has 0 spiro atoms. The lowest BCUT2D eigenvalue weighted by Gasteiger charge is -2.33. The maximum Gasteiger partial charge on any atom is 0.251 e. The zero-order chi connectivity index (χ0) is 22.9. The SMILES string of the molecule is C[C@@H](O)C(=O)N1CCC(CCn2cnc(N)c3nc(Sc4ccc5c(c4)CCO5)nc2-3)CC1. The summed E-state index contributed by atoms with van der Waals surface area (Å²) in [6, 6.07) is 6.17. The van der Waals surface area contributed by atoms with Gasteiger partial charge in [-0.25, -0.2) is 15.0 Å². The third-order valence-corrected chi connectivity index (χ3v) is 7.26. The average molecular weight is 469 g/mol. The normalized spacial score (nSPS) is 17.2. The van der Waals surface area contributed by atoms with Gasteiger partial charge < -0.3 is 25.0 Å². The predicted molar refractivity (Wildman–Crippen MR) is 124 cm³/mol. The highest BCUT2D eigenvalue weighted by Crippen LogP contribution is 2.35. The van der Waals surface area contributed by atoms with Gasteiger partial charge in [0.15, 0.2) is 22.5 Å². The van der Waals surface area contributed by atoms with E-state index < -0.39 is 6.10 Å². The van der Waals surface area contributed by atoms with Crippen LogP contribution >= 0.6 is 11.8 Å². The molecule has 9 nitrogen and oxygen atoms in total. The highest BCUT2D eigenvalue weighted by molar-refractivity contribution is 7.99. The maximum absolute atomic E-state index is 12.0. The quantitative estimate of drug-likeness (QED) is 0.566. The highest BCUT2D eigenvalue weighted by atomic mass is 32.2. The summed E-state index contributed by atoms with van der Waals surface area (Å²) in [6.45, 7) is 4.40. The van der Waals surface area contributed by atoms with Crippen LogP contribution in [-0.2, 0) is 17.8 Å². The molecule has 4 heterocycles. The molecule has 1 amide bonds. The molecule has 1 fully saturated rings. The average Bonchev–Trinajstić information content (AvgIpc) is 3.46. The number of fused-ring (bicyclic) bond motifs is 2. The van der Waals surface area contributed by atoms with Crippen molar-refractivity contribution >= 4 is 23.5 Å². The van der Waals surface area contributed by atoms with Crippen molar-refractivity contribution in [2.24, 2.45) is 5.92 Å². The van der Waals surface area contributed by atoms with Crippen LogP contribution in [-0.4, -0.2) is 61.2 Å². The molecule has 174 valence electrons. The summed E-state index contributed by atoms with van der Waals surface area (Å²) in [5.74, 6) is 2.42. The molecule has 10 heteroatoms. The Bertz CT molecular complexity index is 1130. The molecule has 33 heavy (non-hydrogen) atoms. The van der Waals surface area contributed by atoms with Gasteiger partial charge in [0, 0.05) is 31.0 Å². The molecule has 0 aromatic heterocycles. The number of hydrogen-bond donors (Lipinski definition) is 2. The zero-order valence-electron chi connectivity index (χ0n) is 18.6. The van der Waals surface area contributed by atoms with Crippen LogP contribution in [0.4, 0.5) is 5.82 Å². The standard InChI is InChI=1S/C23H28N6O3S/c1-14(30)22(31)28-8-4-15(5-9-28)6-10-29-13-25-20(24)19-21(29)27-23(26-19)33-17-2-3-18-16(12-17)7-11-32-18/h2-3,12-15,30H,4-11,24H2,1H3/t14-/m1/s1. The van der Waals surface area contributed by atoms with Crippen LogP contribution in [0, 0.1) is 5.92 Å². The fourth-order valence-electron chi connectivity index (χ4n) is 4.50.